The maximum atomic E-state index is 3.55. The highest BCUT2D eigenvalue weighted by Gasteiger charge is 2.23. The number of nitrogens with one attached hydrogen (secondary N) is 1. The van der Waals surface area contributed by atoms with E-state index in [1.54, 1.807) is 0 Å². The molecule has 1 aliphatic rings. The number of fused-ring (bicyclic) bond motifs is 1. The molecule has 1 N–H and O–H groups in total. The molecule has 1 aliphatic carbocycles. The fraction of sp³-hybridized carbons (Fsp3) is 0.385. The average Bonchev–Trinajstić information content (AvgIpc) is 2.43. The van der Waals surface area contributed by atoms with E-state index >= 15 is 0 Å². The molecule has 0 saturated heterocycles. The molecule has 0 atom stereocenters. The van der Waals surface area contributed by atoms with Gasteiger partial charge >= 0.3 is 0 Å². The number of H-pyrrole nitrogens is 1. The number of benzene rings is 1. The van der Waals surface area contributed by atoms with Crippen molar-refractivity contribution in [1.82, 2.24) is 4.98 Å². The molecule has 1 heteroatoms. The summed E-state index contributed by atoms with van der Waals surface area (Å²) in [6.07, 6.45) is 4.13. The lowest BCUT2D eigenvalue weighted by atomic mass is 9.82. The maximum Gasteiger partial charge on any atom is 0.0260 e. The van der Waals surface area contributed by atoms with Crippen molar-refractivity contribution in [2.75, 3.05) is 0 Å². The summed E-state index contributed by atoms with van der Waals surface area (Å²) in [4.78, 5) is 3.55. The third kappa shape index (κ3) is 1.02. The summed E-state index contributed by atoms with van der Waals surface area (Å²) in [5, 5.41) is 2.84. The van der Waals surface area contributed by atoms with Gasteiger partial charge in [-0.25, -0.2) is 0 Å². The minimum atomic E-state index is 0.800. The molecule has 14 heavy (non-hydrogen) atoms. The standard InChI is InChI=1S/C13H15N/c1-9-11-7-2-3-8-12(11)13(14-9)10-5-4-6-10/h2-3,7-8,10,14H,4-6H2,1H3. The molecule has 1 saturated carbocycles. The summed E-state index contributed by atoms with van der Waals surface area (Å²) in [6.45, 7) is 2.17. The van der Waals surface area contributed by atoms with Crippen molar-refractivity contribution in [1.29, 1.82) is 0 Å². The molecule has 0 radical (unpaired) electrons. The van der Waals surface area contributed by atoms with Crippen LogP contribution in [0.2, 0.25) is 0 Å². The average molecular weight is 185 g/mol. The van der Waals surface area contributed by atoms with Gasteiger partial charge in [-0.2, -0.15) is 0 Å². The molecule has 0 amide bonds. The van der Waals surface area contributed by atoms with Crippen LogP contribution in [0.1, 0.15) is 36.6 Å². The molecule has 0 aliphatic heterocycles. The first-order valence-electron chi connectivity index (χ1n) is 5.43. The summed E-state index contributed by atoms with van der Waals surface area (Å²) >= 11 is 0. The second-order valence-corrected chi connectivity index (χ2v) is 4.34. The minimum Gasteiger partial charge on any atom is -0.361 e. The van der Waals surface area contributed by atoms with Crippen LogP contribution in [0.3, 0.4) is 0 Å². The van der Waals surface area contributed by atoms with Crippen molar-refractivity contribution in [2.45, 2.75) is 32.1 Å². The van der Waals surface area contributed by atoms with Crippen LogP contribution in [-0.4, -0.2) is 4.98 Å². The van der Waals surface area contributed by atoms with Gasteiger partial charge in [-0.05, 0) is 25.7 Å². The van der Waals surface area contributed by atoms with Crippen molar-refractivity contribution in [3.05, 3.63) is 35.7 Å². The number of hydrogen-bond donors (Lipinski definition) is 1. The summed E-state index contributed by atoms with van der Waals surface area (Å²) in [5.41, 5.74) is 2.80. The smallest absolute Gasteiger partial charge is 0.0260 e. The first-order chi connectivity index (χ1) is 6.86. The quantitative estimate of drug-likeness (QED) is 0.696. The minimum absolute atomic E-state index is 0.800. The zero-order valence-corrected chi connectivity index (χ0v) is 8.51. The highest BCUT2D eigenvalue weighted by Crippen LogP contribution is 2.39. The number of rotatable bonds is 1. The van der Waals surface area contributed by atoms with Crippen molar-refractivity contribution >= 4 is 10.8 Å². The van der Waals surface area contributed by atoms with Gasteiger partial charge in [0.2, 0.25) is 0 Å². The van der Waals surface area contributed by atoms with Crippen LogP contribution in [0.25, 0.3) is 10.8 Å². The summed E-state index contributed by atoms with van der Waals surface area (Å²) in [6, 6.07) is 8.71. The zero-order valence-electron chi connectivity index (χ0n) is 8.51. The molecule has 2 aromatic rings. The molecule has 1 aromatic carbocycles. The van der Waals surface area contributed by atoms with Crippen LogP contribution in [0.4, 0.5) is 0 Å². The van der Waals surface area contributed by atoms with Crippen LogP contribution >= 0.6 is 0 Å². The van der Waals surface area contributed by atoms with Crippen LogP contribution in [0, 0.1) is 6.92 Å². The second-order valence-electron chi connectivity index (χ2n) is 4.34. The second kappa shape index (κ2) is 2.88. The van der Waals surface area contributed by atoms with Crippen molar-refractivity contribution in [3.63, 3.8) is 0 Å². The SMILES string of the molecule is Cc1[nH]c(C2CCC2)c2ccccc12. The Morgan fingerprint density at radius 2 is 1.86 bits per heavy atom. The van der Waals surface area contributed by atoms with E-state index in [9.17, 15) is 0 Å². The van der Waals surface area contributed by atoms with Gasteiger partial charge in [0.25, 0.3) is 0 Å². The van der Waals surface area contributed by atoms with Gasteiger partial charge in [-0.1, -0.05) is 30.7 Å². The van der Waals surface area contributed by atoms with Crippen molar-refractivity contribution in [2.24, 2.45) is 0 Å². The van der Waals surface area contributed by atoms with Gasteiger partial charge < -0.3 is 4.98 Å². The van der Waals surface area contributed by atoms with E-state index in [1.165, 1.54) is 41.4 Å². The largest absolute Gasteiger partial charge is 0.361 e. The van der Waals surface area contributed by atoms with Gasteiger partial charge in [0.05, 0.1) is 0 Å². The fourth-order valence-corrected chi connectivity index (χ4v) is 2.40. The molecule has 3 rings (SSSR count). The third-order valence-corrected chi connectivity index (χ3v) is 3.46. The molecule has 0 bridgehead atoms. The Kier molecular flexibility index (Phi) is 1.66. The normalized spacial score (nSPS) is 17.2. The van der Waals surface area contributed by atoms with Crippen LogP contribution in [-0.2, 0) is 0 Å². The molecule has 1 aromatic heterocycles. The molecule has 0 spiro atoms. The van der Waals surface area contributed by atoms with E-state index in [0.717, 1.165) is 5.92 Å². The summed E-state index contributed by atoms with van der Waals surface area (Å²) in [7, 11) is 0. The summed E-state index contributed by atoms with van der Waals surface area (Å²) < 4.78 is 0. The molecule has 1 nitrogen and oxygen atoms in total. The lowest BCUT2D eigenvalue weighted by molar-refractivity contribution is 0.414. The number of aryl methyl sites for hydroxylation is 1. The van der Waals surface area contributed by atoms with E-state index in [4.69, 9.17) is 0 Å². The summed E-state index contributed by atoms with van der Waals surface area (Å²) in [5.74, 6) is 0.800. The molecule has 1 heterocycles. The highest BCUT2D eigenvalue weighted by atomic mass is 14.7. The van der Waals surface area contributed by atoms with Crippen LogP contribution < -0.4 is 0 Å². The van der Waals surface area contributed by atoms with Crippen LogP contribution in [0.5, 0.6) is 0 Å². The fourth-order valence-electron chi connectivity index (χ4n) is 2.40. The van der Waals surface area contributed by atoms with Crippen LogP contribution in [0.15, 0.2) is 24.3 Å². The Labute approximate surface area is 84.1 Å². The van der Waals surface area contributed by atoms with Crippen molar-refractivity contribution in [3.8, 4) is 0 Å². The number of aromatic nitrogens is 1. The van der Waals surface area contributed by atoms with E-state index in [2.05, 4.69) is 36.2 Å². The predicted octanol–water partition coefficient (Wildman–Crippen LogP) is 3.74. The number of aromatic amines is 1. The Balaban J connectivity index is 2.23. The Morgan fingerprint density at radius 3 is 2.50 bits per heavy atom. The van der Waals surface area contributed by atoms with Gasteiger partial charge in [0.15, 0.2) is 0 Å². The first kappa shape index (κ1) is 8.10. The lowest BCUT2D eigenvalue weighted by Crippen LogP contribution is -2.09. The van der Waals surface area contributed by atoms with Gasteiger partial charge in [0, 0.05) is 22.2 Å². The van der Waals surface area contributed by atoms with Gasteiger partial charge in [-0.15, -0.1) is 0 Å². The maximum absolute atomic E-state index is 3.55. The first-order valence-corrected chi connectivity index (χ1v) is 5.43. The van der Waals surface area contributed by atoms with Gasteiger partial charge in [0.1, 0.15) is 0 Å². The lowest BCUT2D eigenvalue weighted by Gasteiger charge is -2.24. The molecule has 0 unspecified atom stereocenters. The topological polar surface area (TPSA) is 15.8 Å². The van der Waals surface area contributed by atoms with Crippen molar-refractivity contribution < 1.29 is 0 Å². The Hall–Kier alpha value is -1.24. The zero-order chi connectivity index (χ0) is 9.54. The number of hydrogen-bond acceptors (Lipinski definition) is 0. The monoisotopic (exact) mass is 185 g/mol. The van der Waals surface area contributed by atoms with E-state index in [0.29, 0.717) is 0 Å². The van der Waals surface area contributed by atoms with E-state index in [1.807, 2.05) is 0 Å². The molecular weight excluding hydrogens is 170 g/mol. The molecule has 72 valence electrons. The molecule has 1 fully saturated rings. The molecular formula is C13H15N. The Morgan fingerprint density at radius 1 is 1.14 bits per heavy atom. The van der Waals surface area contributed by atoms with E-state index < -0.39 is 0 Å². The van der Waals surface area contributed by atoms with E-state index in [-0.39, 0.29) is 0 Å². The third-order valence-electron chi connectivity index (χ3n) is 3.46. The van der Waals surface area contributed by atoms with Gasteiger partial charge in [-0.3, -0.25) is 0 Å². The highest BCUT2D eigenvalue weighted by molar-refractivity contribution is 5.88. The predicted molar refractivity (Wildman–Crippen MR) is 59.6 cm³/mol. The Bertz CT molecular complexity index is 463.